The number of benzene rings is 1. The van der Waals surface area contributed by atoms with E-state index < -0.39 is 0 Å². The highest BCUT2D eigenvalue weighted by Gasteiger charge is 2.31. The number of hydrogen-bond acceptors (Lipinski definition) is 3. The van der Waals surface area contributed by atoms with Crippen molar-refractivity contribution in [3.63, 3.8) is 0 Å². The molecule has 28 heavy (non-hydrogen) atoms. The first-order valence-electron chi connectivity index (χ1n) is 10.1. The van der Waals surface area contributed by atoms with Crippen LogP contribution in [0, 0.1) is 5.92 Å². The third kappa shape index (κ3) is 6.11. The van der Waals surface area contributed by atoms with E-state index in [0.717, 1.165) is 50.0 Å². The normalized spacial score (nSPS) is 23.8. The zero-order chi connectivity index (χ0) is 19.9. The predicted molar refractivity (Wildman–Crippen MR) is 113 cm³/mol. The van der Waals surface area contributed by atoms with Gasteiger partial charge in [-0.15, -0.1) is 0 Å². The van der Waals surface area contributed by atoms with Crippen LogP contribution in [0.4, 0.5) is 0 Å². The van der Waals surface area contributed by atoms with Crippen molar-refractivity contribution in [1.29, 1.82) is 0 Å². The van der Waals surface area contributed by atoms with Gasteiger partial charge >= 0.3 is 0 Å². The average molecular weight is 407 g/mol. The van der Waals surface area contributed by atoms with E-state index in [-0.39, 0.29) is 24.0 Å². The van der Waals surface area contributed by atoms with E-state index in [1.807, 2.05) is 24.3 Å². The molecule has 0 saturated heterocycles. The van der Waals surface area contributed by atoms with Crippen molar-refractivity contribution < 1.29 is 9.53 Å². The first kappa shape index (κ1) is 20.9. The number of rotatable bonds is 7. The number of nitrogens with zero attached hydrogens (tertiary/aromatic N) is 1. The fraction of sp³-hybridized carbons (Fsp3) is 0.619. The summed E-state index contributed by atoms with van der Waals surface area (Å²) in [5.41, 5.74) is 1.02. The molecule has 1 amide bonds. The van der Waals surface area contributed by atoms with Crippen LogP contribution < -0.4 is 16.0 Å². The molecular formula is C21H31ClN4O2. The monoisotopic (exact) mass is 406 g/mol. The first-order valence-corrected chi connectivity index (χ1v) is 10.5. The zero-order valence-corrected chi connectivity index (χ0v) is 17.5. The number of ether oxygens (including phenoxy) is 1. The number of aliphatic imine (C=N–C) groups is 1. The molecule has 3 atom stereocenters. The van der Waals surface area contributed by atoms with Crippen molar-refractivity contribution >= 4 is 23.5 Å². The Hall–Kier alpha value is -1.79. The van der Waals surface area contributed by atoms with Gasteiger partial charge in [0.15, 0.2) is 5.96 Å². The molecule has 2 aliphatic carbocycles. The summed E-state index contributed by atoms with van der Waals surface area (Å²) in [4.78, 5) is 16.7. The third-order valence-electron chi connectivity index (χ3n) is 5.49. The largest absolute Gasteiger partial charge is 0.375 e. The third-order valence-corrected chi connectivity index (χ3v) is 5.73. The number of guanidine groups is 1. The predicted octanol–water partition coefficient (Wildman–Crippen LogP) is 3.03. The molecule has 3 rings (SSSR count). The van der Waals surface area contributed by atoms with E-state index in [0.29, 0.717) is 17.6 Å². The molecule has 7 heteroatoms. The number of halogens is 1. The van der Waals surface area contributed by atoms with Crippen molar-refractivity contribution in [2.24, 2.45) is 10.9 Å². The van der Waals surface area contributed by atoms with Crippen molar-refractivity contribution in [2.75, 3.05) is 20.7 Å². The number of carbonyl (C=O) groups is 1. The van der Waals surface area contributed by atoms with E-state index in [9.17, 15) is 4.79 Å². The van der Waals surface area contributed by atoms with Crippen molar-refractivity contribution in [3.8, 4) is 0 Å². The maximum Gasteiger partial charge on any atom is 0.223 e. The van der Waals surface area contributed by atoms with E-state index in [1.165, 1.54) is 0 Å². The highest BCUT2D eigenvalue weighted by molar-refractivity contribution is 6.30. The molecule has 0 bridgehead atoms. The van der Waals surface area contributed by atoms with Gasteiger partial charge in [-0.2, -0.15) is 0 Å². The van der Waals surface area contributed by atoms with E-state index >= 15 is 0 Å². The molecular weight excluding hydrogens is 376 g/mol. The molecule has 0 aliphatic heterocycles. The lowest BCUT2D eigenvalue weighted by Crippen LogP contribution is -2.48. The molecule has 2 fully saturated rings. The molecule has 0 spiro atoms. The summed E-state index contributed by atoms with van der Waals surface area (Å²) in [6.45, 7) is 0.578. The Morgan fingerprint density at radius 2 is 2.07 bits per heavy atom. The van der Waals surface area contributed by atoms with Gasteiger partial charge in [-0.25, -0.2) is 0 Å². The van der Waals surface area contributed by atoms with Gasteiger partial charge in [0.05, 0.1) is 6.10 Å². The van der Waals surface area contributed by atoms with Crippen LogP contribution in [0.2, 0.25) is 5.02 Å². The minimum atomic E-state index is -0.124. The lowest BCUT2D eigenvalue weighted by Gasteiger charge is -2.30. The Morgan fingerprint density at radius 1 is 1.25 bits per heavy atom. The molecule has 2 saturated carbocycles. The van der Waals surface area contributed by atoms with Gasteiger partial charge in [0.25, 0.3) is 0 Å². The molecule has 3 unspecified atom stereocenters. The van der Waals surface area contributed by atoms with Crippen LogP contribution in [0.3, 0.4) is 0 Å². The second-order valence-corrected chi connectivity index (χ2v) is 8.16. The molecule has 6 nitrogen and oxygen atoms in total. The first-order chi connectivity index (χ1) is 13.6. The van der Waals surface area contributed by atoms with Gasteiger partial charge in [0, 0.05) is 43.7 Å². The summed E-state index contributed by atoms with van der Waals surface area (Å²) >= 11 is 6.09. The number of nitrogens with one attached hydrogen (secondary N) is 3. The van der Waals surface area contributed by atoms with Crippen molar-refractivity contribution in [3.05, 3.63) is 34.9 Å². The maximum absolute atomic E-state index is 12.4. The van der Waals surface area contributed by atoms with Crippen LogP contribution in [0.1, 0.15) is 50.2 Å². The standard InChI is InChI=1S/C21H31ClN4O2/c1-23-21(24-13-19(28-2)14-5-3-7-16(22)11-14)26-18-8-4-6-15(12-18)20(27)25-17-9-10-17/h3,5,7,11,15,17-19H,4,6,8-10,12-13H2,1-2H3,(H,25,27)(H2,23,24,26). The van der Waals surface area contributed by atoms with E-state index in [2.05, 4.69) is 20.9 Å². The highest BCUT2D eigenvalue weighted by Crippen LogP contribution is 2.27. The summed E-state index contributed by atoms with van der Waals surface area (Å²) in [6.07, 6.45) is 6.07. The quantitative estimate of drug-likeness (QED) is 0.480. The molecule has 1 aromatic rings. The molecule has 3 N–H and O–H groups in total. The summed E-state index contributed by atoms with van der Waals surface area (Å²) in [7, 11) is 3.45. The van der Waals surface area contributed by atoms with Gasteiger partial charge in [-0.3, -0.25) is 9.79 Å². The van der Waals surface area contributed by atoms with Gasteiger partial charge in [-0.1, -0.05) is 30.2 Å². The summed E-state index contributed by atoms with van der Waals surface area (Å²) in [5.74, 6) is 1.05. The number of methoxy groups -OCH3 is 1. The maximum atomic E-state index is 12.4. The van der Waals surface area contributed by atoms with Gasteiger partial charge in [0.2, 0.25) is 5.91 Å². The molecule has 0 radical (unpaired) electrons. The summed E-state index contributed by atoms with van der Waals surface area (Å²) < 4.78 is 5.61. The zero-order valence-electron chi connectivity index (χ0n) is 16.7. The minimum absolute atomic E-state index is 0.100. The molecule has 154 valence electrons. The fourth-order valence-electron chi connectivity index (χ4n) is 3.73. The Labute approximate surface area is 172 Å². The van der Waals surface area contributed by atoms with Crippen LogP contribution in [0.5, 0.6) is 0 Å². The summed E-state index contributed by atoms with van der Waals surface area (Å²) in [5, 5.41) is 10.7. The Balaban J connectivity index is 1.49. The lowest BCUT2D eigenvalue weighted by atomic mass is 9.85. The van der Waals surface area contributed by atoms with Crippen LogP contribution in [0.15, 0.2) is 29.3 Å². The van der Waals surface area contributed by atoms with Gasteiger partial charge in [0.1, 0.15) is 0 Å². The van der Waals surface area contributed by atoms with Crippen LogP contribution in [-0.2, 0) is 9.53 Å². The molecule has 0 heterocycles. The highest BCUT2D eigenvalue weighted by atomic mass is 35.5. The Morgan fingerprint density at radius 3 is 2.75 bits per heavy atom. The number of carbonyl (C=O) groups excluding carboxylic acids is 1. The SMILES string of the molecule is CN=C(NCC(OC)c1cccc(Cl)c1)NC1CCCC(C(=O)NC2CC2)C1. The number of hydrogen-bond donors (Lipinski definition) is 3. The smallest absolute Gasteiger partial charge is 0.223 e. The minimum Gasteiger partial charge on any atom is -0.375 e. The second kappa shape index (κ2) is 10.1. The fourth-order valence-corrected chi connectivity index (χ4v) is 3.93. The van der Waals surface area contributed by atoms with Gasteiger partial charge < -0.3 is 20.7 Å². The van der Waals surface area contributed by atoms with Gasteiger partial charge in [-0.05, 0) is 49.8 Å². The topological polar surface area (TPSA) is 74.8 Å². The van der Waals surface area contributed by atoms with Crippen molar-refractivity contribution in [1.82, 2.24) is 16.0 Å². The second-order valence-electron chi connectivity index (χ2n) is 7.72. The molecule has 0 aromatic heterocycles. The molecule has 2 aliphatic rings. The van der Waals surface area contributed by atoms with Crippen LogP contribution in [0.25, 0.3) is 0 Å². The van der Waals surface area contributed by atoms with Crippen LogP contribution in [-0.4, -0.2) is 44.7 Å². The average Bonchev–Trinajstić information content (AvgIpc) is 3.52. The Kier molecular flexibility index (Phi) is 7.57. The van der Waals surface area contributed by atoms with E-state index in [4.69, 9.17) is 16.3 Å². The summed E-state index contributed by atoms with van der Waals surface area (Å²) in [6, 6.07) is 8.37. The lowest BCUT2D eigenvalue weighted by molar-refractivity contribution is -0.126. The van der Waals surface area contributed by atoms with Crippen LogP contribution >= 0.6 is 11.6 Å². The number of amides is 1. The Bertz CT molecular complexity index is 693. The molecule has 1 aromatic carbocycles. The van der Waals surface area contributed by atoms with Crippen molar-refractivity contribution in [2.45, 2.75) is 56.7 Å². The van der Waals surface area contributed by atoms with E-state index in [1.54, 1.807) is 14.2 Å².